The summed E-state index contributed by atoms with van der Waals surface area (Å²) in [5.41, 5.74) is 0.177. The van der Waals surface area contributed by atoms with Crippen LogP contribution in [0, 0.1) is 16.7 Å². The molecule has 0 saturated carbocycles. The van der Waals surface area contributed by atoms with Crippen LogP contribution in [-0.4, -0.2) is 32.3 Å². The lowest BCUT2D eigenvalue weighted by Gasteiger charge is -2.20. The van der Waals surface area contributed by atoms with E-state index >= 15 is 0 Å². The molecule has 6 nitrogen and oxygen atoms in total. The molecule has 0 aromatic heterocycles. The Hall–Kier alpha value is -3.07. The summed E-state index contributed by atoms with van der Waals surface area (Å²) >= 11 is 0. The second kappa shape index (κ2) is 10.8. The maximum absolute atomic E-state index is 11.9. The first-order valence-corrected chi connectivity index (χ1v) is 8.61. The number of rotatable bonds is 9. The lowest BCUT2D eigenvalue weighted by atomic mass is 9.91. The first-order chi connectivity index (χ1) is 12.8. The van der Waals surface area contributed by atoms with Gasteiger partial charge in [-0.15, -0.1) is 0 Å². The molecule has 1 aromatic carbocycles. The average Bonchev–Trinajstić information content (AvgIpc) is 2.68. The molecule has 0 amide bonds. The van der Waals surface area contributed by atoms with Gasteiger partial charge in [0.15, 0.2) is 0 Å². The SMILES string of the molecule is CCC(C)(C)C(=O)OCCOC(=O)/C(C#N)=C/C=C/c1ccc(OC)cc1. The van der Waals surface area contributed by atoms with E-state index in [4.69, 9.17) is 19.5 Å². The Bertz CT molecular complexity index is 739. The predicted molar refractivity (Wildman–Crippen MR) is 102 cm³/mol. The summed E-state index contributed by atoms with van der Waals surface area (Å²) in [6, 6.07) is 9.11. The zero-order valence-corrected chi connectivity index (χ0v) is 16.2. The molecule has 0 unspecified atom stereocenters. The molecule has 0 aliphatic rings. The summed E-state index contributed by atoms with van der Waals surface area (Å²) in [6.07, 6.45) is 5.36. The van der Waals surface area contributed by atoms with E-state index < -0.39 is 11.4 Å². The minimum Gasteiger partial charge on any atom is -0.497 e. The van der Waals surface area contributed by atoms with Crippen molar-refractivity contribution in [1.82, 2.24) is 0 Å². The monoisotopic (exact) mass is 371 g/mol. The van der Waals surface area contributed by atoms with Gasteiger partial charge >= 0.3 is 11.9 Å². The number of benzene rings is 1. The number of hydrogen-bond acceptors (Lipinski definition) is 6. The van der Waals surface area contributed by atoms with Gasteiger partial charge in [-0.3, -0.25) is 4.79 Å². The highest BCUT2D eigenvalue weighted by atomic mass is 16.6. The minimum atomic E-state index is -0.761. The fourth-order valence-corrected chi connectivity index (χ4v) is 1.81. The molecule has 1 aromatic rings. The van der Waals surface area contributed by atoms with E-state index in [-0.39, 0.29) is 24.8 Å². The van der Waals surface area contributed by atoms with Crippen LogP contribution in [0.2, 0.25) is 0 Å². The fourth-order valence-electron chi connectivity index (χ4n) is 1.81. The summed E-state index contributed by atoms with van der Waals surface area (Å²) in [6.45, 7) is 5.31. The second-order valence-corrected chi connectivity index (χ2v) is 6.33. The molecule has 0 fully saturated rings. The first-order valence-electron chi connectivity index (χ1n) is 8.61. The Morgan fingerprint density at radius 2 is 1.78 bits per heavy atom. The van der Waals surface area contributed by atoms with Crippen LogP contribution in [0.3, 0.4) is 0 Å². The maximum atomic E-state index is 11.9. The molecular weight excluding hydrogens is 346 g/mol. The number of carbonyl (C=O) groups excluding carboxylic acids is 2. The highest BCUT2D eigenvalue weighted by Crippen LogP contribution is 2.21. The fraction of sp³-hybridized carbons (Fsp3) is 0.381. The minimum absolute atomic E-state index is 0.0472. The van der Waals surface area contributed by atoms with Crippen LogP contribution in [0.1, 0.15) is 32.8 Å². The quantitative estimate of drug-likeness (QED) is 0.216. The zero-order chi connectivity index (χ0) is 20.3. The van der Waals surface area contributed by atoms with Crippen molar-refractivity contribution in [2.24, 2.45) is 5.41 Å². The Morgan fingerprint density at radius 3 is 2.33 bits per heavy atom. The van der Waals surface area contributed by atoms with Crippen LogP contribution < -0.4 is 4.74 Å². The molecule has 0 aliphatic carbocycles. The second-order valence-electron chi connectivity index (χ2n) is 6.33. The molecule has 0 radical (unpaired) electrons. The molecule has 144 valence electrons. The summed E-state index contributed by atoms with van der Waals surface area (Å²) in [7, 11) is 1.59. The van der Waals surface area contributed by atoms with Gasteiger partial charge in [-0.2, -0.15) is 5.26 Å². The van der Waals surface area contributed by atoms with Crippen molar-refractivity contribution in [1.29, 1.82) is 5.26 Å². The Kier molecular flexibility index (Phi) is 8.80. The highest BCUT2D eigenvalue weighted by Gasteiger charge is 2.26. The van der Waals surface area contributed by atoms with E-state index in [0.29, 0.717) is 6.42 Å². The van der Waals surface area contributed by atoms with Gasteiger partial charge in [0.05, 0.1) is 12.5 Å². The average molecular weight is 371 g/mol. The van der Waals surface area contributed by atoms with Crippen molar-refractivity contribution < 1.29 is 23.8 Å². The molecule has 1 rings (SSSR count). The molecule has 0 aliphatic heterocycles. The number of allylic oxidation sites excluding steroid dienone is 2. The Morgan fingerprint density at radius 1 is 1.15 bits per heavy atom. The van der Waals surface area contributed by atoms with Crippen molar-refractivity contribution >= 4 is 18.0 Å². The van der Waals surface area contributed by atoms with Crippen molar-refractivity contribution in [3.63, 3.8) is 0 Å². The normalized spacial score (nSPS) is 11.7. The van der Waals surface area contributed by atoms with E-state index in [9.17, 15) is 9.59 Å². The molecule has 0 heterocycles. The number of hydrogen-bond donors (Lipinski definition) is 0. The predicted octanol–water partition coefficient (Wildman–Crippen LogP) is 3.68. The topological polar surface area (TPSA) is 85.6 Å². The molecule has 0 saturated heterocycles. The largest absolute Gasteiger partial charge is 0.497 e. The van der Waals surface area contributed by atoms with Crippen LogP contribution >= 0.6 is 0 Å². The van der Waals surface area contributed by atoms with E-state index in [1.807, 2.05) is 31.2 Å². The lowest BCUT2D eigenvalue weighted by molar-refractivity contribution is -0.158. The lowest BCUT2D eigenvalue weighted by Crippen LogP contribution is -2.27. The third-order valence-electron chi connectivity index (χ3n) is 3.99. The van der Waals surface area contributed by atoms with Crippen LogP contribution in [0.4, 0.5) is 0 Å². The number of nitrogens with zero attached hydrogens (tertiary/aromatic N) is 1. The maximum Gasteiger partial charge on any atom is 0.349 e. The third-order valence-corrected chi connectivity index (χ3v) is 3.99. The van der Waals surface area contributed by atoms with E-state index in [2.05, 4.69) is 0 Å². The molecule has 0 N–H and O–H groups in total. The summed E-state index contributed by atoms with van der Waals surface area (Å²) in [5, 5.41) is 9.09. The van der Waals surface area contributed by atoms with E-state index in [1.54, 1.807) is 39.2 Å². The zero-order valence-electron chi connectivity index (χ0n) is 16.2. The van der Waals surface area contributed by atoms with Crippen LogP contribution in [0.15, 0.2) is 42.0 Å². The van der Waals surface area contributed by atoms with Crippen LogP contribution in [0.5, 0.6) is 5.75 Å². The van der Waals surface area contributed by atoms with E-state index in [0.717, 1.165) is 11.3 Å². The first kappa shape index (κ1) is 22.0. The van der Waals surface area contributed by atoms with Gasteiger partial charge in [0.25, 0.3) is 0 Å². The molecule has 27 heavy (non-hydrogen) atoms. The number of ether oxygens (including phenoxy) is 3. The number of nitriles is 1. The summed E-state index contributed by atoms with van der Waals surface area (Å²) in [5.74, 6) is -0.366. The van der Waals surface area contributed by atoms with Gasteiger partial charge in [-0.1, -0.05) is 31.2 Å². The third kappa shape index (κ3) is 7.37. The van der Waals surface area contributed by atoms with Gasteiger partial charge in [-0.05, 0) is 44.0 Å². The Balaban J connectivity index is 2.51. The van der Waals surface area contributed by atoms with Crippen molar-refractivity contribution in [3.05, 3.63) is 47.6 Å². The number of esters is 2. The van der Waals surface area contributed by atoms with Gasteiger partial charge in [0.2, 0.25) is 0 Å². The molecule has 0 spiro atoms. The van der Waals surface area contributed by atoms with Gasteiger partial charge in [0.1, 0.15) is 30.6 Å². The molecule has 6 heteroatoms. The van der Waals surface area contributed by atoms with E-state index in [1.165, 1.54) is 6.08 Å². The number of methoxy groups -OCH3 is 1. The van der Waals surface area contributed by atoms with Gasteiger partial charge in [-0.25, -0.2) is 4.79 Å². The van der Waals surface area contributed by atoms with Gasteiger partial charge < -0.3 is 14.2 Å². The number of carbonyl (C=O) groups is 2. The molecule has 0 bridgehead atoms. The van der Waals surface area contributed by atoms with Crippen molar-refractivity contribution in [2.45, 2.75) is 27.2 Å². The van der Waals surface area contributed by atoms with Crippen LogP contribution in [-0.2, 0) is 19.1 Å². The highest BCUT2D eigenvalue weighted by molar-refractivity contribution is 5.93. The van der Waals surface area contributed by atoms with Gasteiger partial charge in [0, 0.05) is 0 Å². The van der Waals surface area contributed by atoms with Crippen LogP contribution in [0.25, 0.3) is 6.08 Å². The standard InChI is InChI=1S/C21H25NO5/c1-5-21(2,3)20(24)27-14-13-26-19(23)17(15-22)8-6-7-16-9-11-18(25-4)12-10-16/h6-12H,5,13-14H2,1-4H3/b7-6+,17-8+. The smallest absolute Gasteiger partial charge is 0.349 e. The molecule has 0 atom stereocenters. The van der Waals surface area contributed by atoms with Crippen molar-refractivity contribution in [3.8, 4) is 11.8 Å². The molecular formula is C21H25NO5. The Labute approximate surface area is 160 Å². The summed E-state index contributed by atoms with van der Waals surface area (Å²) in [4.78, 5) is 23.7. The van der Waals surface area contributed by atoms with Crippen molar-refractivity contribution in [2.75, 3.05) is 20.3 Å². The summed E-state index contributed by atoms with van der Waals surface area (Å²) < 4.78 is 15.1.